The fourth-order valence-electron chi connectivity index (χ4n) is 1.65. The zero-order valence-electron chi connectivity index (χ0n) is 11.7. The van der Waals surface area contributed by atoms with Gasteiger partial charge in [-0.3, -0.25) is 10.1 Å². The standard InChI is InChI=1S/C13H18F2N2O4/c1-20-8-9-21-7-3-2-6-16-13-11(17(18)19)5-4-10(14)12(13)15/h4-5,16H,2-3,6-9H2,1H3. The van der Waals surface area contributed by atoms with E-state index in [9.17, 15) is 18.9 Å². The van der Waals surface area contributed by atoms with E-state index in [0.29, 0.717) is 32.7 Å². The monoisotopic (exact) mass is 304 g/mol. The molecule has 0 aromatic heterocycles. The van der Waals surface area contributed by atoms with E-state index < -0.39 is 27.9 Å². The fraction of sp³-hybridized carbons (Fsp3) is 0.538. The lowest BCUT2D eigenvalue weighted by Gasteiger charge is -2.09. The summed E-state index contributed by atoms with van der Waals surface area (Å²) in [6.07, 6.45) is 1.31. The second kappa shape index (κ2) is 9.19. The maximum Gasteiger partial charge on any atom is 0.295 e. The van der Waals surface area contributed by atoms with Gasteiger partial charge in [-0.05, 0) is 18.9 Å². The molecule has 0 radical (unpaired) electrons. The molecule has 0 saturated carbocycles. The van der Waals surface area contributed by atoms with Gasteiger partial charge in [0.25, 0.3) is 5.69 Å². The number of nitro benzene ring substituents is 1. The molecule has 1 aromatic rings. The molecule has 0 atom stereocenters. The van der Waals surface area contributed by atoms with Crippen molar-refractivity contribution in [2.24, 2.45) is 0 Å². The largest absolute Gasteiger partial charge is 0.382 e. The Morgan fingerprint density at radius 1 is 1.24 bits per heavy atom. The molecule has 21 heavy (non-hydrogen) atoms. The van der Waals surface area contributed by atoms with Crippen molar-refractivity contribution < 1.29 is 23.2 Å². The minimum atomic E-state index is -1.24. The number of hydrogen-bond acceptors (Lipinski definition) is 5. The molecule has 0 amide bonds. The number of anilines is 1. The summed E-state index contributed by atoms with van der Waals surface area (Å²) >= 11 is 0. The number of ether oxygens (including phenoxy) is 2. The van der Waals surface area contributed by atoms with E-state index in [1.807, 2.05) is 0 Å². The number of halogens is 2. The molecule has 6 nitrogen and oxygen atoms in total. The first-order valence-corrected chi connectivity index (χ1v) is 6.51. The van der Waals surface area contributed by atoms with Crippen molar-refractivity contribution in [2.75, 3.05) is 38.8 Å². The predicted octanol–water partition coefficient (Wildman–Crippen LogP) is 2.73. The van der Waals surface area contributed by atoms with Gasteiger partial charge < -0.3 is 14.8 Å². The number of unbranched alkanes of at least 4 members (excludes halogenated alkanes) is 1. The van der Waals surface area contributed by atoms with E-state index in [-0.39, 0.29) is 6.54 Å². The van der Waals surface area contributed by atoms with Gasteiger partial charge >= 0.3 is 0 Å². The summed E-state index contributed by atoms with van der Waals surface area (Å²) in [5.41, 5.74) is -0.898. The van der Waals surface area contributed by atoms with Gasteiger partial charge in [0.15, 0.2) is 17.3 Å². The number of benzene rings is 1. The lowest BCUT2D eigenvalue weighted by atomic mass is 10.2. The predicted molar refractivity (Wildman–Crippen MR) is 73.4 cm³/mol. The summed E-state index contributed by atoms with van der Waals surface area (Å²) in [5, 5.41) is 13.3. The highest BCUT2D eigenvalue weighted by Crippen LogP contribution is 2.28. The fourth-order valence-corrected chi connectivity index (χ4v) is 1.65. The Morgan fingerprint density at radius 3 is 2.67 bits per heavy atom. The molecule has 0 aliphatic rings. The van der Waals surface area contributed by atoms with Gasteiger partial charge in [0.1, 0.15) is 0 Å². The molecule has 1 rings (SSSR count). The van der Waals surface area contributed by atoms with Crippen LogP contribution in [0.25, 0.3) is 0 Å². The number of rotatable bonds is 10. The van der Waals surface area contributed by atoms with Crippen molar-refractivity contribution in [2.45, 2.75) is 12.8 Å². The number of hydrogen-bond donors (Lipinski definition) is 1. The van der Waals surface area contributed by atoms with Crippen molar-refractivity contribution in [3.63, 3.8) is 0 Å². The molecule has 8 heteroatoms. The van der Waals surface area contributed by atoms with Crippen LogP contribution in [0.3, 0.4) is 0 Å². The minimum absolute atomic E-state index is 0.287. The third-order valence-corrected chi connectivity index (χ3v) is 2.72. The number of methoxy groups -OCH3 is 1. The van der Waals surface area contributed by atoms with E-state index in [1.54, 1.807) is 7.11 Å². The van der Waals surface area contributed by atoms with Crippen LogP contribution in [0.2, 0.25) is 0 Å². The molecule has 0 fully saturated rings. The molecule has 0 spiro atoms. The zero-order chi connectivity index (χ0) is 15.7. The van der Waals surface area contributed by atoms with E-state index in [2.05, 4.69) is 5.32 Å². The molecule has 1 N–H and O–H groups in total. The van der Waals surface area contributed by atoms with E-state index >= 15 is 0 Å². The summed E-state index contributed by atoms with van der Waals surface area (Å²) in [6.45, 7) is 1.81. The lowest BCUT2D eigenvalue weighted by molar-refractivity contribution is -0.384. The van der Waals surface area contributed by atoms with Crippen LogP contribution >= 0.6 is 0 Å². The molecule has 0 saturated heterocycles. The van der Waals surface area contributed by atoms with Crippen LogP contribution < -0.4 is 5.32 Å². The average Bonchev–Trinajstić information content (AvgIpc) is 2.45. The smallest absolute Gasteiger partial charge is 0.295 e. The van der Waals surface area contributed by atoms with Gasteiger partial charge in [-0.1, -0.05) is 0 Å². The van der Waals surface area contributed by atoms with Crippen molar-refractivity contribution in [3.05, 3.63) is 33.9 Å². The minimum Gasteiger partial charge on any atom is -0.382 e. The summed E-state index contributed by atoms with van der Waals surface area (Å²) in [7, 11) is 1.58. The van der Waals surface area contributed by atoms with Crippen LogP contribution in [0.4, 0.5) is 20.2 Å². The first-order valence-electron chi connectivity index (χ1n) is 6.51. The molecule has 1 aromatic carbocycles. The Morgan fingerprint density at radius 2 is 2.00 bits per heavy atom. The van der Waals surface area contributed by atoms with Crippen molar-refractivity contribution in [3.8, 4) is 0 Å². The van der Waals surface area contributed by atoms with Gasteiger partial charge in [-0.25, -0.2) is 8.78 Å². The van der Waals surface area contributed by atoms with E-state index in [4.69, 9.17) is 9.47 Å². The molecule has 0 aliphatic heterocycles. The number of nitrogens with one attached hydrogen (secondary N) is 1. The molecule has 0 heterocycles. The summed E-state index contributed by atoms with van der Waals surface area (Å²) < 4.78 is 36.7. The zero-order valence-corrected chi connectivity index (χ0v) is 11.7. The van der Waals surface area contributed by atoms with Crippen LogP contribution in [0.15, 0.2) is 12.1 Å². The average molecular weight is 304 g/mol. The Hall–Kier alpha value is -1.80. The second-order valence-electron chi connectivity index (χ2n) is 4.25. The third kappa shape index (κ3) is 5.60. The van der Waals surface area contributed by atoms with Crippen LogP contribution in [0, 0.1) is 21.7 Å². The highest BCUT2D eigenvalue weighted by atomic mass is 19.2. The van der Waals surface area contributed by atoms with Crippen molar-refractivity contribution in [1.29, 1.82) is 0 Å². The molecule has 0 bridgehead atoms. The molecule has 0 unspecified atom stereocenters. The summed E-state index contributed by atoms with van der Waals surface area (Å²) in [5.74, 6) is -2.36. The summed E-state index contributed by atoms with van der Waals surface area (Å²) in [6, 6.07) is 1.68. The van der Waals surface area contributed by atoms with Crippen LogP contribution in [0.5, 0.6) is 0 Å². The van der Waals surface area contributed by atoms with Crippen molar-refractivity contribution in [1.82, 2.24) is 0 Å². The highest BCUT2D eigenvalue weighted by molar-refractivity contribution is 5.62. The molecular weight excluding hydrogens is 286 g/mol. The Labute approximate surface area is 121 Å². The van der Waals surface area contributed by atoms with Gasteiger partial charge in [-0.15, -0.1) is 0 Å². The quantitative estimate of drug-likeness (QED) is 0.409. The summed E-state index contributed by atoms with van der Waals surface area (Å²) in [4.78, 5) is 10.0. The topological polar surface area (TPSA) is 73.6 Å². The van der Waals surface area contributed by atoms with E-state index in [0.717, 1.165) is 12.1 Å². The van der Waals surface area contributed by atoms with Gasteiger partial charge in [-0.2, -0.15) is 0 Å². The van der Waals surface area contributed by atoms with Crippen LogP contribution in [-0.2, 0) is 9.47 Å². The lowest BCUT2D eigenvalue weighted by Crippen LogP contribution is -2.09. The first kappa shape index (κ1) is 17.3. The maximum atomic E-state index is 13.6. The van der Waals surface area contributed by atoms with Gasteiger partial charge in [0.2, 0.25) is 0 Å². The Balaban J connectivity index is 2.41. The first-order chi connectivity index (χ1) is 10.1. The normalized spacial score (nSPS) is 10.6. The molecule has 0 aliphatic carbocycles. The van der Waals surface area contributed by atoms with Crippen molar-refractivity contribution >= 4 is 11.4 Å². The Kier molecular flexibility index (Phi) is 7.55. The maximum absolute atomic E-state index is 13.6. The van der Waals surface area contributed by atoms with Gasteiger partial charge in [0.05, 0.1) is 18.1 Å². The Bertz CT molecular complexity index is 472. The number of nitro groups is 1. The number of nitrogens with zero attached hydrogens (tertiary/aromatic N) is 1. The third-order valence-electron chi connectivity index (χ3n) is 2.72. The second-order valence-corrected chi connectivity index (χ2v) is 4.25. The van der Waals surface area contributed by atoms with Crippen LogP contribution in [-0.4, -0.2) is 38.4 Å². The van der Waals surface area contributed by atoms with Crippen LogP contribution in [0.1, 0.15) is 12.8 Å². The molecule has 118 valence electrons. The van der Waals surface area contributed by atoms with Gasteiger partial charge in [0, 0.05) is 26.3 Å². The SMILES string of the molecule is COCCOCCCCNc1c([N+](=O)[O-])ccc(F)c1F. The molecular formula is C13H18F2N2O4. The van der Waals surface area contributed by atoms with E-state index in [1.165, 1.54) is 0 Å². The highest BCUT2D eigenvalue weighted by Gasteiger charge is 2.20.